The highest BCUT2D eigenvalue weighted by Gasteiger charge is 2.46. The lowest BCUT2D eigenvalue weighted by atomic mass is 9.73. The molecule has 12 heteroatoms. The third kappa shape index (κ3) is 11.9. The second-order valence-corrected chi connectivity index (χ2v) is 12.2. The van der Waals surface area contributed by atoms with E-state index in [1.807, 2.05) is 25.1 Å². The van der Waals surface area contributed by atoms with Gasteiger partial charge in [-0.2, -0.15) is 0 Å². The van der Waals surface area contributed by atoms with Crippen molar-refractivity contribution in [1.29, 1.82) is 0 Å². The van der Waals surface area contributed by atoms with E-state index in [1.165, 1.54) is 0 Å². The third-order valence-corrected chi connectivity index (χ3v) is 8.89. The first-order valence-electron chi connectivity index (χ1n) is 17.1. The summed E-state index contributed by atoms with van der Waals surface area (Å²) >= 11 is 0. The molecule has 0 aromatic heterocycles. The van der Waals surface area contributed by atoms with E-state index in [4.69, 9.17) is 25.5 Å². The number of carbonyl (C=O) groups excluding carboxylic acids is 4. The Hall–Kier alpha value is -3.06. The third-order valence-electron chi connectivity index (χ3n) is 8.89. The summed E-state index contributed by atoms with van der Waals surface area (Å²) in [7, 11) is 1.64. The zero-order valence-electron chi connectivity index (χ0n) is 28.4. The molecular formula is C34H53N3O9. The van der Waals surface area contributed by atoms with E-state index >= 15 is 0 Å². The minimum absolute atomic E-state index is 0.0403. The number of amides is 3. The largest absolute Gasteiger partial charge is 0.449 e. The van der Waals surface area contributed by atoms with Gasteiger partial charge in [-0.1, -0.05) is 18.2 Å². The zero-order chi connectivity index (χ0) is 34.0. The SMILES string of the molecule is [2H]NC(=O)OCC1c2cccc(C(=O)CCCOC(C)CCO)c2C2CCC(NC(=O)CCCC(=O)NCCOCCCOC)CC12. The average molecular weight is 649 g/mol. The summed E-state index contributed by atoms with van der Waals surface area (Å²) < 4.78 is 28.6. The lowest BCUT2D eigenvalue weighted by molar-refractivity contribution is -0.123. The zero-order valence-corrected chi connectivity index (χ0v) is 27.4. The Morgan fingerprint density at radius 3 is 2.65 bits per heavy atom. The average Bonchev–Trinajstić information content (AvgIpc) is 3.37. The number of primary amides is 1. The van der Waals surface area contributed by atoms with Crippen LogP contribution in [0.5, 0.6) is 0 Å². The topological polar surface area (TPSA) is 176 Å². The number of methoxy groups -OCH3 is 1. The molecule has 3 amide bonds. The molecule has 0 bridgehead atoms. The van der Waals surface area contributed by atoms with Gasteiger partial charge in [0.25, 0.3) is 0 Å². The monoisotopic (exact) mass is 648 g/mol. The highest BCUT2D eigenvalue weighted by atomic mass is 16.5. The second kappa shape index (κ2) is 20.2. The van der Waals surface area contributed by atoms with Gasteiger partial charge < -0.3 is 40.4 Å². The maximum Gasteiger partial charge on any atom is 0.404 e. The van der Waals surface area contributed by atoms with Crippen LogP contribution in [0.3, 0.4) is 0 Å². The van der Waals surface area contributed by atoms with Gasteiger partial charge in [0.05, 0.1) is 12.7 Å². The van der Waals surface area contributed by atoms with Crippen LogP contribution in [0.25, 0.3) is 0 Å². The summed E-state index contributed by atoms with van der Waals surface area (Å²) in [4.78, 5) is 50.2. The van der Waals surface area contributed by atoms with Crippen LogP contribution in [0.2, 0.25) is 1.41 Å². The molecule has 1 aromatic rings. The molecule has 5 unspecified atom stereocenters. The molecule has 0 radical (unpaired) electrons. The fourth-order valence-corrected chi connectivity index (χ4v) is 6.70. The van der Waals surface area contributed by atoms with Gasteiger partial charge in [-0.15, -0.1) is 0 Å². The number of hydrogen-bond donors (Lipinski definition) is 4. The van der Waals surface area contributed by atoms with Crippen molar-refractivity contribution in [2.75, 3.05) is 53.3 Å². The highest BCUT2D eigenvalue weighted by Crippen LogP contribution is 2.54. The van der Waals surface area contributed by atoms with Crippen LogP contribution in [0.1, 0.15) is 104 Å². The maximum atomic E-state index is 13.4. The Morgan fingerprint density at radius 1 is 1.04 bits per heavy atom. The van der Waals surface area contributed by atoms with Crippen LogP contribution in [-0.2, 0) is 28.5 Å². The molecule has 1 fully saturated rings. The fraction of sp³-hybridized carbons (Fsp3) is 0.706. The van der Waals surface area contributed by atoms with Gasteiger partial charge in [-0.05, 0) is 74.8 Å². The van der Waals surface area contributed by atoms with Crippen molar-refractivity contribution < 1.29 is 44.6 Å². The number of fused-ring (bicyclic) bond motifs is 3. The molecule has 258 valence electrons. The molecule has 0 saturated heterocycles. The smallest absolute Gasteiger partial charge is 0.404 e. The maximum absolute atomic E-state index is 13.4. The van der Waals surface area contributed by atoms with E-state index in [0.29, 0.717) is 70.6 Å². The molecule has 5 N–H and O–H groups in total. The molecule has 0 heterocycles. The molecule has 0 aliphatic heterocycles. The number of aliphatic hydroxyl groups is 1. The number of Topliss-reactive ketones (excluding diaryl/α,β-unsaturated/α-hetero) is 1. The van der Waals surface area contributed by atoms with Crippen molar-refractivity contribution in [2.45, 2.75) is 95.1 Å². The molecule has 46 heavy (non-hydrogen) atoms. The van der Waals surface area contributed by atoms with Crippen LogP contribution < -0.4 is 16.4 Å². The number of carbonyl (C=O) groups is 4. The minimum Gasteiger partial charge on any atom is -0.449 e. The fourth-order valence-electron chi connectivity index (χ4n) is 6.70. The van der Waals surface area contributed by atoms with Gasteiger partial charge in [0.1, 0.15) is 6.61 Å². The van der Waals surface area contributed by atoms with Gasteiger partial charge in [0, 0.05) is 76.9 Å². The molecule has 3 rings (SSSR count). The molecule has 2 aliphatic rings. The van der Waals surface area contributed by atoms with Crippen molar-refractivity contribution in [3.05, 3.63) is 34.9 Å². The van der Waals surface area contributed by atoms with Crippen LogP contribution >= 0.6 is 0 Å². The summed E-state index contributed by atoms with van der Waals surface area (Å²) in [5.41, 5.74) is 4.43. The minimum atomic E-state index is -0.836. The van der Waals surface area contributed by atoms with E-state index in [2.05, 4.69) is 10.6 Å². The van der Waals surface area contributed by atoms with Crippen molar-refractivity contribution in [1.82, 2.24) is 10.6 Å². The molecule has 1 saturated carbocycles. The summed E-state index contributed by atoms with van der Waals surface area (Å²) in [6.07, 6.45) is 4.47. The summed E-state index contributed by atoms with van der Waals surface area (Å²) in [6.45, 7) is 4.53. The number of nitrogens with one attached hydrogen (secondary N) is 2. The predicted molar refractivity (Wildman–Crippen MR) is 172 cm³/mol. The van der Waals surface area contributed by atoms with Crippen LogP contribution in [0.4, 0.5) is 4.79 Å². The number of ether oxygens (including phenoxy) is 4. The first-order chi connectivity index (χ1) is 22.8. The number of ketones is 1. The quantitative estimate of drug-likeness (QED) is 0.109. The molecule has 5 atom stereocenters. The molecule has 0 spiro atoms. The first kappa shape index (κ1) is 35.8. The second-order valence-electron chi connectivity index (χ2n) is 12.2. The van der Waals surface area contributed by atoms with Crippen molar-refractivity contribution in [3.63, 3.8) is 0 Å². The highest BCUT2D eigenvalue weighted by molar-refractivity contribution is 5.98. The number of benzene rings is 1. The van der Waals surface area contributed by atoms with E-state index in [9.17, 15) is 19.2 Å². The molecule has 12 nitrogen and oxygen atoms in total. The molecular weight excluding hydrogens is 594 g/mol. The predicted octanol–water partition coefficient (Wildman–Crippen LogP) is 3.34. The summed E-state index contributed by atoms with van der Waals surface area (Å²) in [6, 6.07) is 5.65. The van der Waals surface area contributed by atoms with E-state index in [-0.39, 0.29) is 73.6 Å². The summed E-state index contributed by atoms with van der Waals surface area (Å²) in [5, 5.41) is 15.0. The number of rotatable bonds is 22. The van der Waals surface area contributed by atoms with Gasteiger partial charge in [-0.3, -0.25) is 14.4 Å². The van der Waals surface area contributed by atoms with Gasteiger partial charge >= 0.3 is 6.09 Å². The van der Waals surface area contributed by atoms with Crippen molar-refractivity contribution >= 4 is 23.7 Å². The van der Waals surface area contributed by atoms with Crippen LogP contribution in [0.15, 0.2) is 18.2 Å². The van der Waals surface area contributed by atoms with E-state index < -0.39 is 6.09 Å². The number of aliphatic hydroxyl groups excluding tert-OH is 1. The van der Waals surface area contributed by atoms with Gasteiger partial charge in [0.15, 0.2) is 7.20 Å². The first-order valence-corrected chi connectivity index (χ1v) is 16.6. The normalized spacial score (nSPS) is 21.0. The summed E-state index contributed by atoms with van der Waals surface area (Å²) in [5.74, 6) is -0.225. The molecule has 2 aliphatic carbocycles. The number of nitrogens with two attached hydrogens (primary N) is 1. The van der Waals surface area contributed by atoms with Gasteiger partial charge in [-0.25, -0.2) is 4.79 Å². The van der Waals surface area contributed by atoms with Crippen LogP contribution in [-0.4, -0.2) is 94.2 Å². The lowest BCUT2D eigenvalue weighted by Gasteiger charge is -2.35. The Labute approximate surface area is 273 Å². The Morgan fingerprint density at radius 2 is 1.87 bits per heavy atom. The van der Waals surface area contributed by atoms with E-state index in [0.717, 1.165) is 30.4 Å². The van der Waals surface area contributed by atoms with Crippen molar-refractivity contribution in [3.8, 4) is 0 Å². The van der Waals surface area contributed by atoms with Crippen LogP contribution in [0, 0.1) is 5.92 Å². The standard InChI is InChI=1S/C34H53N3O9/c1-23(14-16-38)45-19-5-9-30(39)27-8-3-7-25-29(22-46-34(35)42)28-21-24(12-13-26(28)33(25)27)37-32(41)11-4-10-31(40)36-15-20-44-18-6-17-43-2/h3,7-8,23-24,26,28-29,38H,4-6,9-22H2,1-2H3,(H2,35,42)(H,36,40)(H,37,41)/i/hD. The van der Waals surface area contributed by atoms with E-state index in [1.54, 1.807) is 12.8 Å². The lowest BCUT2D eigenvalue weighted by Crippen LogP contribution is -2.41. The van der Waals surface area contributed by atoms with Gasteiger partial charge in [0.2, 0.25) is 11.8 Å². The Bertz CT molecular complexity index is 1150. The Balaban J connectivity index is 1.54. The Kier molecular flexibility index (Phi) is 15.7. The van der Waals surface area contributed by atoms with Crippen molar-refractivity contribution in [2.24, 2.45) is 11.6 Å². The molecule has 1 aromatic carbocycles. The number of hydrogen-bond acceptors (Lipinski definition) is 9.